The zero-order valence-corrected chi connectivity index (χ0v) is 12.2. The normalized spacial score (nSPS) is 12.1. The molecule has 0 atom stereocenters. The zero-order chi connectivity index (χ0) is 13.8. The Morgan fingerprint density at radius 2 is 2.21 bits per heavy atom. The highest BCUT2D eigenvalue weighted by Gasteiger charge is 2.20. The fourth-order valence-corrected chi connectivity index (χ4v) is 2.18. The van der Waals surface area contributed by atoms with Gasteiger partial charge in [0.15, 0.2) is 11.5 Å². The van der Waals surface area contributed by atoms with Gasteiger partial charge in [-0.1, -0.05) is 12.2 Å². The van der Waals surface area contributed by atoms with E-state index in [0.29, 0.717) is 15.8 Å². The van der Waals surface area contributed by atoms with Gasteiger partial charge in [0.2, 0.25) is 6.79 Å². The maximum absolute atomic E-state index is 11.5. The summed E-state index contributed by atoms with van der Waals surface area (Å²) >= 11 is 6.65. The van der Waals surface area contributed by atoms with Crippen LogP contribution in [0.3, 0.4) is 0 Å². The maximum Gasteiger partial charge on any atom is 0.325 e. The van der Waals surface area contributed by atoms with Crippen LogP contribution in [-0.4, -0.2) is 37.0 Å². The van der Waals surface area contributed by atoms with Gasteiger partial charge in [0.05, 0.1) is 7.11 Å². The van der Waals surface area contributed by atoms with Crippen molar-refractivity contribution in [1.82, 2.24) is 0 Å². The predicted octanol–water partition coefficient (Wildman–Crippen LogP) is 2.04. The van der Waals surface area contributed by atoms with Crippen LogP contribution in [0.15, 0.2) is 18.2 Å². The second-order valence-corrected chi connectivity index (χ2v) is 5.11. The van der Waals surface area contributed by atoms with Crippen molar-refractivity contribution in [2.45, 2.75) is 0 Å². The van der Waals surface area contributed by atoms with E-state index in [1.165, 1.54) is 18.9 Å². The standard InChI is InChI=1S/C12H13NO4S2/c1-15-11(14)6-13(12(18)19-2)8-3-4-9-10(5-8)17-7-16-9/h3-5H,6-7H2,1-2H3. The third-order valence-corrected chi connectivity index (χ3v) is 3.87. The Morgan fingerprint density at radius 3 is 2.89 bits per heavy atom. The highest BCUT2D eigenvalue weighted by Crippen LogP contribution is 2.36. The Labute approximate surface area is 120 Å². The van der Waals surface area contributed by atoms with Crippen molar-refractivity contribution >= 4 is 40.0 Å². The number of benzene rings is 1. The first kappa shape index (κ1) is 14.0. The molecule has 0 saturated carbocycles. The second-order valence-electron chi connectivity index (χ2n) is 3.67. The molecule has 102 valence electrons. The predicted molar refractivity (Wildman–Crippen MR) is 78.0 cm³/mol. The molecule has 0 aliphatic carbocycles. The molecule has 1 aliphatic heterocycles. The summed E-state index contributed by atoms with van der Waals surface area (Å²) in [4.78, 5) is 13.2. The van der Waals surface area contributed by atoms with Gasteiger partial charge >= 0.3 is 5.97 Å². The van der Waals surface area contributed by atoms with Crippen LogP contribution in [0.5, 0.6) is 11.5 Å². The molecule has 0 unspecified atom stereocenters. The Balaban J connectivity index is 2.27. The van der Waals surface area contributed by atoms with Gasteiger partial charge in [-0.05, 0) is 18.4 Å². The molecule has 7 heteroatoms. The van der Waals surface area contributed by atoms with Crippen molar-refractivity contribution in [3.8, 4) is 11.5 Å². The van der Waals surface area contributed by atoms with Crippen LogP contribution in [0, 0.1) is 0 Å². The molecule has 0 fully saturated rings. The van der Waals surface area contributed by atoms with Crippen LogP contribution in [0.1, 0.15) is 0 Å². The molecule has 0 amide bonds. The summed E-state index contributed by atoms with van der Waals surface area (Å²) in [6, 6.07) is 5.43. The Kier molecular flexibility index (Phi) is 4.49. The number of hydrogen-bond donors (Lipinski definition) is 0. The van der Waals surface area contributed by atoms with Crippen molar-refractivity contribution < 1.29 is 19.0 Å². The van der Waals surface area contributed by atoms with Gasteiger partial charge in [0.25, 0.3) is 0 Å². The number of methoxy groups -OCH3 is 1. The van der Waals surface area contributed by atoms with Crippen molar-refractivity contribution in [3.63, 3.8) is 0 Å². The van der Waals surface area contributed by atoms with Gasteiger partial charge < -0.3 is 19.1 Å². The SMILES string of the molecule is COC(=O)CN(C(=S)SC)c1ccc2c(c1)OCO2. The van der Waals surface area contributed by atoms with E-state index >= 15 is 0 Å². The number of fused-ring (bicyclic) bond motifs is 1. The number of thioether (sulfide) groups is 1. The third kappa shape index (κ3) is 3.10. The molecule has 5 nitrogen and oxygen atoms in total. The van der Waals surface area contributed by atoms with Crippen LogP contribution in [0.2, 0.25) is 0 Å². The number of rotatable bonds is 3. The molecule has 1 heterocycles. The smallest absolute Gasteiger partial charge is 0.325 e. The minimum Gasteiger partial charge on any atom is -0.468 e. The van der Waals surface area contributed by atoms with Crippen molar-refractivity contribution in [2.75, 3.05) is 31.6 Å². The first-order valence-electron chi connectivity index (χ1n) is 5.47. The van der Waals surface area contributed by atoms with E-state index < -0.39 is 0 Å². The molecule has 0 spiro atoms. The molecular weight excluding hydrogens is 286 g/mol. The topological polar surface area (TPSA) is 48.0 Å². The fourth-order valence-electron chi connectivity index (χ4n) is 1.62. The summed E-state index contributed by atoms with van der Waals surface area (Å²) in [6.07, 6.45) is 1.86. The molecule has 2 rings (SSSR count). The highest BCUT2D eigenvalue weighted by molar-refractivity contribution is 8.22. The lowest BCUT2D eigenvalue weighted by Crippen LogP contribution is -2.33. The number of anilines is 1. The number of esters is 1. The van der Waals surface area contributed by atoms with E-state index in [1.54, 1.807) is 17.0 Å². The minimum atomic E-state index is -0.353. The summed E-state index contributed by atoms with van der Waals surface area (Å²) in [6.45, 7) is 0.276. The lowest BCUT2D eigenvalue weighted by atomic mass is 10.2. The average Bonchev–Trinajstić information content (AvgIpc) is 2.90. The van der Waals surface area contributed by atoms with Gasteiger partial charge in [0, 0.05) is 11.8 Å². The van der Waals surface area contributed by atoms with Crippen LogP contribution in [-0.2, 0) is 9.53 Å². The number of thiocarbonyl (C=S) groups is 1. The Bertz CT molecular complexity index is 507. The summed E-state index contributed by atoms with van der Waals surface area (Å²) < 4.78 is 15.8. The van der Waals surface area contributed by atoms with E-state index in [0.717, 1.165) is 5.69 Å². The largest absolute Gasteiger partial charge is 0.468 e. The number of hydrogen-bond acceptors (Lipinski definition) is 6. The molecule has 0 bridgehead atoms. The number of carbonyl (C=O) groups is 1. The molecule has 0 aromatic heterocycles. The van der Waals surface area contributed by atoms with Gasteiger partial charge in [0.1, 0.15) is 10.9 Å². The monoisotopic (exact) mass is 299 g/mol. The molecular formula is C12H13NO4S2. The maximum atomic E-state index is 11.5. The van der Waals surface area contributed by atoms with Crippen molar-refractivity contribution in [2.24, 2.45) is 0 Å². The Morgan fingerprint density at radius 1 is 1.47 bits per heavy atom. The third-order valence-electron chi connectivity index (χ3n) is 2.58. The van der Waals surface area contributed by atoms with Gasteiger partial charge in [-0.25, -0.2) is 0 Å². The first-order valence-corrected chi connectivity index (χ1v) is 7.11. The number of ether oxygens (including phenoxy) is 3. The van der Waals surface area contributed by atoms with Crippen LogP contribution >= 0.6 is 24.0 Å². The van der Waals surface area contributed by atoms with E-state index in [9.17, 15) is 4.79 Å². The minimum absolute atomic E-state index is 0.0653. The van der Waals surface area contributed by atoms with Crippen LogP contribution < -0.4 is 14.4 Å². The average molecular weight is 299 g/mol. The summed E-state index contributed by atoms with van der Waals surface area (Å²) in [5, 5.41) is 0. The summed E-state index contributed by atoms with van der Waals surface area (Å²) in [5.74, 6) is 0.988. The summed E-state index contributed by atoms with van der Waals surface area (Å²) in [5.41, 5.74) is 0.772. The molecule has 1 aromatic rings. The first-order chi connectivity index (χ1) is 9.15. The molecule has 0 saturated heterocycles. The summed E-state index contributed by atoms with van der Waals surface area (Å²) in [7, 11) is 1.35. The number of nitrogens with zero attached hydrogens (tertiary/aromatic N) is 1. The van der Waals surface area contributed by atoms with E-state index in [-0.39, 0.29) is 19.3 Å². The lowest BCUT2D eigenvalue weighted by molar-refractivity contribution is -0.138. The Hall–Kier alpha value is -1.47. The fraction of sp³-hybridized carbons (Fsp3) is 0.333. The highest BCUT2D eigenvalue weighted by atomic mass is 32.2. The number of carbonyl (C=O) groups excluding carboxylic acids is 1. The van der Waals surface area contributed by atoms with Crippen LogP contribution in [0.4, 0.5) is 5.69 Å². The second kappa shape index (κ2) is 6.12. The van der Waals surface area contributed by atoms with Crippen molar-refractivity contribution in [1.29, 1.82) is 0 Å². The quantitative estimate of drug-likeness (QED) is 0.625. The molecule has 1 aromatic carbocycles. The van der Waals surface area contributed by atoms with E-state index in [4.69, 9.17) is 21.7 Å². The molecule has 0 N–H and O–H groups in total. The van der Waals surface area contributed by atoms with Gasteiger partial charge in [-0.3, -0.25) is 4.79 Å². The van der Waals surface area contributed by atoms with Gasteiger partial charge in [-0.2, -0.15) is 0 Å². The zero-order valence-electron chi connectivity index (χ0n) is 10.5. The molecule has 0 radical (unpaired) electrons. The molecule has 19 heavy (non-hydrogen) atoms. The van der Waals surface area contributed by atoms with E-state index in [1.807, 2.05) is 12.3 Å². The lowest BCUT2D eigenvalue weighted by Gasteiger charge is -2.23. The van der Waals surface area contributed by atoms with Crippen LogP contribution in [0.25, 0.3) is 0 Å². The van der Waals surface area contributed by atoms with E-state index in [2.05, 4.69) is 4.74 Å². The molecule has 1 aliphatic rings. The van der Waals surface area contributed by atoms with Gasteiger partial charge in [-0.15, -0.1) is 11.8 Å². The van der Waals surface area contributed by atoms with Crippen molar-refractivity contribution in [3.05, 3.63) is 18.2 Å².